The average Bonchev–Trinajstić information content (AvgIpc) is 2.13. The van der Waals surface area contributed by atoms with Gasteiger partial charge in [0.05, 0.1) is 15.4 Å². The third kappa shape index (κ3) is 2.63. The van der Waals surface area contributed by atoms with Crippen molar-refractivity contribution in [2.24, 2.45) is 0 Å². The van der Waals surface area contributed by atoms with E-state index in [0.717, 1.165) is 0 Å². The molecule has 0 aliphatic carbocycles. The first-order valence-electron chi connectivity index (χ1n) is 3.95. The second kappa shape index (κ2) is 4.84. The molecule has 1 rings (SSSR count). The minimum absolute atomic E-state index is 0.178. The Bertz CT molecular complexity index is 548. The van der Waals surface area contributed by atoms with E-state index in [1.807, 2.05) is 0 Å². The highest BCUT2D eigenvalue weighted by molar-refractivity contribution is 14.1. The van der Waals surface area contributed by atoms with Crippen LogP contribution in [0.3, 0.4) is 0 Å². The Labute approximate surface area is 115 Å². The zero-order chi connectivity index (χ0) is 14.2. The lowest BCUT2D eigenvalue weighted by atomic mass is 10.1. The molecule has 98 valence electrons. The number of halogens is 5. The summed E-state index contributed by atoms with van der Waals surface area (Å²) in [6, 6.07) is 0.178. The van der Waals surface area contributed by atoms with Gasteiger partial charge in [0.25, 0.3) is 5.69 Å². The van der Waals surface area contributed by atoms with Gasteiger partial charge in [-0.2, -0.15) is 13.2 Å². The number of rotatable bonds is 2. The number of alkyl halides is 3. The van der Waals surface area contributed by atoms with Crippen LogP contribution in [0.1, 0.15) is 5.56 Å². The third-order valence-corrected chi connectivity index (χ3v) is 3.29. The van der Waals surface area contributed by atoms with Crippen LogP contribution in [0.25, 0.3) is 0 Å². The standard InChI is InChI=1S/C7HClF3IN2O4/c8-4-2(7(9,10)11)1-3(13(15)16)5(12)6(4)14(17)18/h1H. The predicted octanol–water partition coefficient (Wildman–Crippen LogP) is 3.78. The summed E-state index contributed by atoms with van der Waals surface area (Å²) in [5.74, 6) is 0. The molecule has 0 aromatic heterocycles. The third-order valence-electron chi connectivity index (χ3n) is 1.84. The van der Waals surface area contributed by atoms with Crippen molar-refractivity contribution in [3.8, 4) is 0 Å². The van der Waals surface area contributed by atoms with Gasteiger partial charge in [0, 0.05) is 6.07 Å². The second-order valence-electron chi connectivity index (χ2n) is 2.93. The summed E-state index contributed by atoms with van der Waals surface area (Å²) < 4.78 is 37.1. The van der Waals surface area contributed by atoms with Crippen molar-refractivity contribution >= 4 is 45.6 Å². The fraction of sp³-hybridized carbons (Fsp3) is 0.143. The van der Waals surface area contributed by atoms with Gasteiger partial charge >= 0.3 is 11.9 Å². The molecule has 0 atom stereocenters. The van der Waals surface area contributed by atoms with Gasteiger partial charge in [-0.05, 0) is 22.6 Å². The Hall–Kier alpha value is -1.17. The summed E-state index contributed by atoms with van der Waals surface area (Å²) in [5.41, 5.74) is -3.75. The summed E-state index contributed by atoms with van der Waals surface area (Å²) >= 11 is 6.49. The van der Waals surface area contributed by atoms with Gasteiger partial charge in [-0.1, -0.05) is 11.6 Å². The molecule has 0 unspecified atom stereocenters. The van der Waals surface area contributed by atoms with E-state index in [1.54, 1.807) is 0 Å². The molecule has 0 heterocycles. The summed E-state index contributed by atoms with van der Waals surface area (Å²) in [5, 5.41) is 20.0. The molecule has 0 saturated carbocycles. The number of hydrogen-bond donors (Lipinski definition) is 0. The van der Waals surface area contributed by atoms with E-state index in [0.29, 0.717) is 0 Å². The maximum atomic E-state index is 12.5. The Morgan fingerprint density at radius 1 is 1.22 bits per heavy atom. The Morgan fingerprint density at radius 3 is 2.06 bits per heavy atom. The minimum Gasteiger partial charge on any atom is -0.258 e. The van der Waals surface area contributed by atoms with Gasteiger partial charge in [0.1, 0.15) is 5.02 Å². The minimum atomic E-state index is -5.02. The lowest BCUT2D eigenvalue weighted by molar-refractivity contribution is -0.396. The molecular weight excluding hydrogens is 395 g/mol. The van der Waals surface area contributed by atoms with E-state index in [4.69, 9.17) is 11.6 Å². The molecule has 0 spiro atoms. The monoisotopic (exact) mass is 396 g/mol. The van der Waals surface area contributed by atoms with Gasteiger partial charge < -0.3 is 0 Å². The molecule has 0 aliphatic rings. The van der Waals surface area contributed by atoms with Gasteiger partial charge in [0.15, 0.2) is 3.57 Å². The Balaban J connectivity index is 3.78. The quantitative estimate of drug-likeness (QED) is 0.432. The van der Waals surface area contributed by atoms with Crippen LogP contribution in [0.5, 0.6) is 0 Å². The van der Waals surface area contributed by atoms with Crippen molar-refractivity contribution < 1.29 is 23.0 Å². The fourth-order valence-electron chi connectivity index (χ4n) is 1.11. The lowest BCUT2D eigenvalue weighted by Gasteiger charge is -2.09. The van der Waals surface area contributed by atoms with Crippen LogP contribution in [0, 0.1) is 23.8 Å². The first kappa shape index (κ1) is 14.9. The zero-order valence-corrected chi connectivity index (χ0v) is 10.9. The SMILES string of the molecule is O=[N+]([O-])c1cc(C(F)(F)F)c(Cl)c([N+](=O)[O-])c1I. The number of hydrogen-bond acceptors (Lipinski definition) is 4. The van der Waals surface area contributed by atoms with Crippen LogP contribution in [0.4, 0.5) is 24.5 Å². The molecule has 0 saturated heterocycles. The maximum absolute atomic E-state index is 12.5. The number of nitro benzene ring substituents is 2. The Morgan fingerprint density at radius 2 is 1.72 bits per heavy atom. The van der Waals surface area contributed by atoms with Crippen LogP contribution in [-0.4, -0.2) is 9.85 Å². The summed E-state index contributed by atoms with van der Waals surface area (Å²) in [6.45, 7) is 0. The average molecular weight is 396 g/mol. The van der Waals surface area contributed by atoms with Crippen LogP contribution in [0.2, 0.25) is 5.02 Å². The maximum Gasteiger partial charge on any atom is 0.418 e. The first-order valence-corrected chi connectivity index (χ1v) is 5.41. The summed E-state index contributed by atoms with van der Waals surface area (Å²) in [4.78, 5) is 18.9. The van der Waals surface area contributed by atoms with E-state index >= 15 is 0 Å². The van der Waals surface area contributed by atoms with Crippen LogP contribution < -0.4 is 0 Å². The smallest absolute Gasteiger partial charge is 0.258 e. The number of nitro groups is 2. The van der Waals surface area contributed by atoms with Crippen molar-refractivity contribution in [3.05, 3.63) is 40.5 Å². The topological polar surface area (TPSA) is 86.3 Å². The van der Waals surface area contributed by atoms with Crippen molar-refractivity contribution in [3.63, 3.8) is 0 Å². The summed E-state index contributed by atoms with van der Waals surface area (Å²) in [6.07, 6.45) is -5.02. The molecule has 0 radical (unpaired) electrons. The molecule has 0 amide bonds. The molecule has 0 aliphatic heterocycles. The second-order valence-corrected chi connectivity index (χ2v) is 4.39. The molecule has 0 fully saturated rings. The molecule has 0 N–H and O–H groups in total. The van der Waals surface area contributed by atoms with E-state index in [2.05, 4.69) is 0 Å². The van der Waals surface area contributed by atoms with Crippen molar-refractivity contribution in [1.82, 2.24) is 0 Å². The van der Waals surface area contributed by atoms with Crippen LogP contribution in [0.15, 0.2) is 6.07 Å². The van der Waals surface area contributed by atoms with Crippen molar-refractivity contribution in [2.75, 3.05) is 0 Å². The van der Waals surface area contributed by atoms with Crippen LogP contribution in [-0.2, 0) is 6.18 Å². The highest BCUT2D eigenvalue weighted by atomic mass is 127. The van der Waals surface area contributed by atoms with Gasteiger partial charge in [0.2, 0.25) is 0 Å². The molecule has 11 heteroatoms. The fourth-order valence-corrected chi connectivity index (χ4v) is 2.41. The summed E-state index contributed by atoms with van der Waals surface area (Å²) in [7, 11) is 0. The predicted molar refractivity (Wildman–Crippen MR) is 62.5 cm³/mol. The van der Waals surface area contributed by atoms with E-state index < -0.39 is 41.6 Å². The lowest BCUT2D eigenvalue weighted by Crippen LogP contribution is -2.10. The molecule has 0 bridgehead atoms. The highest BCUT2D eigenvalue weighted by Gasteiger charge is 2.41. The largest absolute Gasteiger partial charge is 0.418 e. The normalized spacial score (nSPS) is 11.4. The Kier molecular flexibility index (Phi) is 4.00. The molecular formula is C7HClF3IN2O4. The zero-order valence-electron chi connectivity index (χ0n) is 7.99. The van der Waals surface area contributed by atoms with E-state index in [9.17, 15) is 33.4 Å². The van der Waals surface area contributed by atoms with Crippen molar-refractivity contribution in [2.45, 2.75) is 6.18 Å². The first-order chi connectivity index (χ1) is 8.07. The molecule has 18 heavy (non-hydrogen) atoms. The molecule has 1 aromatic carbocycles. The number of benzene rings is 1. The van der Waals surface area contributed by atoms with E-state index in [1.165, 1.54) is 22.6 Å². The molecule has 6 nitrogen and oxygen atoms in total. The van der Waals surface area contributed by atoms with Gasteiger partial charge in [-0.25, -0.2) is 0 Å². The van der Waals surface area contributed by atoms with Crippen LogP contribution >= 0.6 is 34.2 Å². The van der Waals surface area contributed by atoms with E-state index in [-0.39, 0.29) is 6.07 Å². The molecule has 1 aromatic rings. The van der Waals surface area contributed by atoms with Gasteiger partial charge in [-0.3, -0.25) is 20.2 Å². The highest BCUT2D eigenvalue weighted by Crippen LogP contribution is 2.44. The number of nitrogens with zero attached hydrogens (tertiary/aromatic N) is 2. The van der Waals surface area contributed by atoms with Gasteiger partial charge in [-0.15, -0.1) is 0 Å². The van der Waals surface area contributed by atoms with Crippen molar-refractivity contribution in [1.29, 1.82) is 0 Å².